The molecule has 86 valence electrons. The Balaban J connectivity index is 2.10. The topological polar surface area (TPSA) is 88.1 Å². The van der Waals surface area contributed by atoms with Crippen molar-refractivity contribution in [2.45, 2.75) is 6.73 Å². The van der Waals surface area contributed by atoms with Crippen molar-refractivity contribution in [2.24, 2.45) is 0 Å². The molecule has 0 spiro atoms. The molecule has 16 heavy (non-hydrogen) atoms. The molecular weight excluding hydrogens is 210 g/mol. The van der Waals surface area contributed by atoms with Gasteiger partial charge in [-0.1, -0.05) is 0 Å². The number of imidazole rings is 1. The first kappa shape index (κ1) is 10.8. The number of nitrogens with zero attached hydrogens (tertiary/aromatic N) is 4. The van der Waals surface area contributed by atoms with Crippen LogP contribution in [0, 0.1) is 0 Å². The number of hydrogen-bond donors (Lipinski definition) is 1. The Labute approximate surface area is 92.2 Å². The molecule has 2 heterocycles. The molecule has 2 aromatic rings. The Kier molecular flexibility index (Phi) is 3.28. The Morgan fingerprint density at radius 2 is 2.19 bits per heavy atom. The molecule has 7 heteroatoms. The fraction of sp³-hybridized carbons (Fsp3) is 0.444. The summed E-state index contributed by atoms with van der Waals surface area (Å²) in [7, 11) is 1.63. The number of rotatable bonds is 5. The molecule has 2 rings (SSSR count). The van der Waals surface area contributed by atoms with Gasteiger partial charge in [-0.3, -0.25) is 4.57 Å². The smallest absolute Gasteiger partial charge is 0.167 e. The highest BCUT2D eigenvalue weighted by molar-refractivity contribution is 5.80. The largest absolute Gasteiger partial charge is 0.382 e. The summed E-state index contributed by atoms with van der Waals surface area (Å²) in [5.74, 6) is 0.376. The van der Waals surface area contributed by atoms with E-state index in [0.29, 0.717) is 36.9 Å². The van der Waals surface area contributed by atoms with Gasteiger partial charge in [0.1, 0.15) is 18.6 Å². The van der Waals surface area contributed by atoms with Gasteiger partial charge in [-0.05, 0) is 0 Å². The Morgan fingerprint density at radius 1 is 1.31 bits per heavy atom. The zero-order valence-electron chi connectivity index (χ0n) is 8.96. The lowest BCUT2D eigenvalue weighted by atomic mass is 10.5. The molecule has 0 aliphatic heterocycles. The molecule has 0 saturated carbocycles. The van der Waals surface area contributed by atoms with Gasteiger partial charge in [0, 0.05) is 7.11 Å². The quantitative estimate of drug-likeness (QED) is 0.719. The van der Waals surface area contributed by atoms with E-state index in [1.807, 2.05) is 0 Å². The molecule has 2 aromatic heterocycles. The summed E-state index contributed by atoms with van der Waals surface area (Å²) in [6.45, 7) is 1.46. The predicted octanol–water partition coefficient (Wildman–Crippen LogP) is 0.0290. The number of anilines is 1. The number of nitrogen functional groups attached to an aromatic ring is 1. The summed E-state index contributed by atoms with van der Waals surface area (Å²) < 4.78 is 12.0. The summed E-state index contributed by atoms with van der Waals surface area (Å²) in [4.78, 5) is 12.1. The molecule has 0 atom stereocenters. The zero-order chi connectivity index (χ0) is 11.4. The van der Waals surface area contributed by atoms with E-state index >= 15 is 0 Å². The van der Waals surface area contributed by atoms with Crippen LogP contribution in [0.15, 0.2) is 12.7 Å². The molecule has 0 aliphatic rings. The van der Waals surface area contributed by atoms with Crippen LogP contribution in [0.4, 0.5) is 5.82 Å². The van der Waals surface area contributed by atoms with E-state index in [2.05, 4.69) is 15.0 Å². The second kappa shape index (κ2) is 4.86. The molecule has 0 unspecified atom stereocenters. The first-order valence-corrected chi connectivity index (χ1v) is 4.81. The van der Waals surface area contributed by atoms with E-state index in [-0.39, 0.29) is 0 Å². The van der Waals surface area contributed by atoms with E-state index in [1.165, 1.54) is 6.33 Å². The lowest BCUT2D eigenvalue weighted by Gasteiger charge is -2.04. The van der Waals surface area contributed by atoms with Crippen LogP contribution in [0.1, 0.15) is 0 Å². The Bertz CT molecular complexity index is 470. The fourth-order valence-corrected chi connectivity index (χ4v) is 1.30. The van der Waals surface area contributed by atoms with Gasteiger partial charge in [0.05, 0.1) is 19.5 Å². The number of ether oxygens (including phenoxy) is 2. The third kappa shape index (κ3) is 2.10. The summed E-state index contributed by atoms with van der Waals surface area (Å²) in [5.41, 5.74) is 6.92. The standard InChI is InChI=1S/C9H13N5O2/c1-15-2-3-16-6-14-5-13-7-8(10)11-4-12-9(7)14/h4-5H,2-3,6H2,1H3,(H2,10,11,12). The third-order valence-electron chi connectivity index (χ3n) is 2.09. The van der Waals surface area contributed by atoms with Gasteiger partial charge in [0.25, 0.3) is 0 Å². The minimum Gasteiger partial charge on any atom is -0.382 e. The third-order valence-corrected chi connectivity index (χ3v) is 2.09. The second-order valence-electron chi connectivity index (χ2n) is 3.18. The Hall–Kier alpha value is -1.73. The maximum atomic E-state index is 5.66. The molecule has 0 bridgehead atoms. The van der Waals surface area contributed by atoms with Crippen molar-refractivity contribution in [3.63, 3.8) is 0 Å². The number of nitrogens with two attached hydrogens (primary N) is 1. The number of fused-ring (bicyclic) bond motifs is 1. The molecule has 0 fully saturated rings. The van der Waals surface area contributed by atoms with Crippen molar-refractivity contribution in [3.05, 3.63) is 12.7 Å². The minimum atomic E-state index is 0.371. The van der Waals surface area contributed by atoms with Gasteiger partial charge in [-0.2, -0.15) is 0 Å². The first-order chi connectivity index (χ1) is 7.83. The fourth-order valence-electron chi connectivity index (χ4n) is 1.30. The van der Waals surface area contributed by atoms with Crippen molar-refractivity contribution in [3.8, 4) is 0 Å². The number of aromatic nitrogens is 4. The molecule has 7 nitrogen and oxygen atoms in total. The molecule has 0 saturated heterocycles. The van der Waals surface area contributed by atoms with Crippen LogP contribution >= 0.6 is 0 Å². The van der Waals surface area contributed by atoms with Crippen LogP contribution in [-0.4, -0.2) is 39.8 Å². The van der Waals surface area contributed by atoms with Crippen molar-refractivity contribution in [1.82, 2.24) is 19.5 Å². The van der Waals surface area contributed by atoms with Crippen molar-refractivity contribution in [2.75, 3.05) is 26.1 Å². The molecule has 0 radical (unpaired) electrons. The summed E-state index contributed by atoms with van der Waals surface area (Å²) in [5, 5.41) is 0. The van der Waals surface area contributed by atoms with Crippen LogP contribution in [0.25, 0.3) is 11.2 Å². The van der Waals surface area contributed by atoms with Crippen LogP contribution in [0.5, 0.6) is 0 Å². The SMILES string of the molecule is COCCOCn1cnc2c(N)ncnc21. The van der Waals surface area contributed by atoms with Gasteiger partial charge in [0.15, 0.2) is 11.5 Å². The molecular formula is C9H13N5O2. The molecule has 0 amide bonds. The second-order valence-corrected chi connectivity index (χ2v) is 3.18. The molecule has 0 aliphatic carbocycles. The highest BCUT2D eigenvalue weighted by atomic mass is 16.5. The lowest BCUT2D eigenvalue weighted by Crippen LogP contribution is -2.07. The van der Waals surface area contributed by atoms with E-state index < -0.39 is 0 Å². The first-order valence-electron chi connectivity index (χ1n) is 4.81. The summed E-state index contributed by atoms with van der Waals surface area (Å²) in [6.07, 6.45) is 3.04. The van der Waals surface area contributed by atoms with E-state index in [9.17, 15) is 0 Å². The van der Waals surface area contributed by atoms with Crippen LogP contribution in [-0.2, 0) is 16.2 Å². The van der Waals surface area contributed by atoms with Gasteiger partial charge < -0.3 is 15.2 Å². The van der Waals surface area contributed by atoms with Crippen LogP contribution in [0.2, 0.25) is 0 Å². The van der Waals surface area contributed by atoms with E-state index in [4.69, 9.17) is 15.2 Å². The van der Waals surface area contributed by atoms with Crippen LogP contribution < -0.4 is 5.73 Å². The number of hydrogen-bond acceptors (Lipinski definition) is 6. The molecule has 0 aromatic carbocycles. The van der Waals surface area contributed by atoms with E-state index in [0.717, 1.165) is 0 Å². The van der Waals surface area contributed by atoms with Crippen molar-refractivity contribution >= 4 is 17.0 Å². The lowest BCUT2D eigenvalue weighted by molar-refractivity contribution is 0.0356. The van der Waals surface area contributed by atoms with E-state index in [1.54, 1.807) is 18.0 Å². The zero-order valence-corrected chi connectivity index (χ0v) is 8.96. The summed E-state index contributed by atoms with van der Waals surface area (Å²) in [6, 6.07) is 0. The average molecular weight is 223 g/mol. The van der Waals surface area contributed by atoms with Crippen LogP contribution in [0.3, 0.4) is 0 Å². The minimum absolute atomic E-state index is 0.371. The van der Waals surface area contributed by atoms with Gasteiger partial charge in [-0.15, -0.1) is 0 Å². The number of methoxy groups -OCH3 is 1. The maximum absolute atomic E-state index is 5.66. The highest BCUT2D eigenvalue weighted by Crippen LogP contribution is 2.13. The average Bonchev–Trinajstić information content (AvgIpc) is 2.70. The normalized spacial score (nSPS) is 11.1. The van der Waals surface area contributed by atoms with Gasteiger partial charge >= 0.3 is 0 Å². The Morgan fingerprint density at radius 3 is 3.00 bits per heavy atom. The molecule has 2 N–H and O–H groups in total. The van der Waals surface area contributed by atoms with Gasteiger partial charge in [-0.25, -0.2) is 15.0 Å². The summed E-state index contributed by atoms with van der Waals surface area (Å²) >= 11 is 0. The predicted molar refractivity (Wildman–Crippen MR) is 57.6 cm³/mol. The monoisotopic (exact) mass is 223 g/mol. The van der Waals surface area contributed by atoms with Gasteiger partial charge in [0.2, 0.25) is 0 Å². The van der Waals surface area contributed by atoms with Crippen molar-refractivity contribution in [1.29, 1.82) is 0 Å². The maximum Gasteiger partial charge on any atom is 0.167 e. The highest BCUT2D eigenvalue weighted by Gasteiger charge is 2.06. The van der Waals surface area contributed by atoms with Crippen molar-refractivity contribution < 1.29 is 9.47 Å².